The zero-order valence-electron chi connectivity index (χ0n) is 35.7. The summed E-state index contributed by atoms with van der Waals surface area (Å²) in [6.07, 6.45) is 0.764. The van der Waals surface area contributed by atoms with Crippen LogP contribution in [0.5, 0.6) is 11.5 Å². The number of benzene rings is 4. The SMILES string of the molecule is CCO[C@@H](Cc1ccc(OCCn2c(C)ccc2-c2ccc(SC)cc2)cc1)C(=O)[O-].CCO[C@@H](Cc1ccc(OCCn2c(C)ccc2-c2ccccc2)cc1)C(=O)[O-].[Mg+2]. The van der Waals surface area contributed by atoms with Crippen LogP contribution in [0.15, 0.2) is 132 Å². The maximum absolute atomic E-state index is 11.1. The van der Waals surface area contributed by atoms with Crippen molar-refractivity contribution in [1.82, 2.24) is 9.13 Å². The second kappa shape index (κ2) is 25.1. The van der Waals surface area contributed by atoms with Crippen molar-refractivity contribution < 1.29 is 38.7 Å². The van der Waals surface area contributed by atoms with Crippen molar-refractivity contribution in [2.75, 3.05) is 32.7 Å². The van der Waals surface area contributed by atoms with Gasteiger partial charge >= 0.3 is 23.1 Å². The molecule has 0 saturated carbocycles. The fourth-order valence-corrected chi connectivity index (χ4v) is 7.22. The van der Waals surface area contributed by atoms with Gasteiger partial charge in [0, 0.05) is 53.7 Å². The molecule has 61 heavy (non-hydrogen) atoms. The van der Waals surface area contributed by atoms with Gasteiger partial charge in [0.1, 0.15) is 36.9 Å². The van der Waals surface area contributed by atoms with Gasteiger partial charge in [0.25, 0.3) is 0 Å². The van der Waals surface area contributed by atoms with E-state index in [0.717, 1.165) is 35.7 Å². The van der Waals surface area contributed by atoms with Gasteiger partial charge in [0.2, 0.25) is 0 Å². The number of thioether (sulfide) groups is 1. The molecule has 10 nitrogen and oxygen atoms in total. The van der Waals surface area contributed by atoms with Crippen molar-refractivity contribution in [3.63, 3.8) is 0 Å². The Bertz CT molecular complexity index is 2220. The van der Waals surface area contributed by atoms with Gasteiger partial charge in [-0.05, 0) is 117 Å². The van der Waals surface area contributed by atoms with Crippen molar-refractivity contribution in [2.45, 2.75) is 70.7 Å². The smallest absolute Gasteiger partial charge is 0.547 e. The standard InChI is InChI=1S/C25H29NO4S.C24H27NO4.Mg/c1-4-29-24(25(27)28)17-19-6-10-21(11-7-19)30-16-15-26-18(2)5-14-23(26)20-8-12-22(31-3)13-9-20;1-3-28-23(24(26)27)17-19-10-12-21(13-11-19)29-16-15-25-18(2)9-14-22(25)20-7-5-4-6-8-20;/h5-14,24H,4,15-17H2,1-3H3,(H,27,28);4-14,23H,3,15-17H2,1-2H3,(H,26,27);/q;;+2/p-2/t24-;23-;/m00./s1. The van der Waals surface area contributed by atoms with Gasteiger partial charge in [-0.1, -0.05) is 66.7 Å². The summed E-state index contributed by atoms with van der Waals surface area (Å²) in [6, 6.07) is 42.3. The summed E-state index contributed by atoms with van der Waals surface area (Å²) >= 11 is 1.74. The molecule has 2 atom stereocenters. The van der Waals surface area contributed by atoms with Crippen molar-refractivity contribution in [3.8, 4) is 34.0 Å². The van der Waals surface area contributed by atoms with Crippen molar-refractivity contribution in [1.29, 1.82) is 0 Å². The summed E-state index contributed by atoms with van der Waals surface area (Å²) in [5.74, 6) is -0.881. The fraction of sp³-hybridized carbons (Fsp3) is 0.306. The molecule has 0 aliphatic rings. The Morgan fingerprint density at radius 3 is 1.36 bits per heavy atom. The van der Waals surface area contributed by atoms with Crippen LogP contribution in [0.25, 0.3) is 22.5 Å². The zero-order valence-corrected chi connectivity index (χ0v) is 37.9. The molecule has 2 heterocycles. The van der Waals surface area contributed by atoms with E-state index >= 15 is 0 Å². The molecule has 6 rings (SSSR count). The number of carbonyl (C=O) groups excluding carboxylic acids is 2. The average molecular weight is 855 g/mol. The first kappa shape index (κ1) is 48.7. The number of nitrogens with zero attached hydrogens (tertiary/aromatic N) is 2. The van der Waals surface area contributed by atoms with Gasteiger partial charge in [-0.2, -0.15) is 0 Å². The second-order valence-electron chi connectivity index (χ2n) is 14.0. The number of hydrogen-bond donors (Lipinski definition) is 0. The van der Waals surface area contributed by atoms with Crippen LogP contribution in [0.1, 0.15) is 36.4 Å². The van der Waals surface area contributed by atoms with Crippen LogP contribution < -0.4 is 19.7 Å². The Balaban J connectivity index is 0.000000265. The number of rotatable bonds is 21. The van der Waals surface area contributed by atoms with Crippen LogP contribution in [0, 0.1) is 13.8 Å². The minimum atomic E-state index is -1.19. The molecule has 0 bridgehead atoms. The number of aromatic nitrogens is 2. The molecule has 0 fully saturated rings. The molecule has 6 aromatic rings. The Kier molecular flexibility index (Phi) is 20.0. The molecule has 0 aliphatic carbocycles. The minimum Gasteiger partial charge on any atom is -0.547 e. The number of hydrogen-bond acceptors (Lipinski definition) is 9. The molecule has 0 aliphatic heterocycles. The topological polar surface area (TPSA) is 127 Å². The minimum absolute atomic E-state index is 0. The third kappa shape index (κ3) is 14.6. The number of aryl methyl sites for hydroxylation is 2. The largest absolute Gasteiger partial charge is 2.00 e. The summed E-state index contributed by atoms with van der Waals surface area (Å²) in [6.45, 7) is 10.9. The van der Waals surface area contributed by atoms with Crippen LogP contribution in [0.2, 0.25) is 0 Å². The first-order chi connectivity index (χ1) is 29.1. The molecule has 316 valence electrons. The molecule has 0 spiro atoms. The van der Waals surface area contributed by atoms with E-state index in [1.807, 2.05) is 66.7 Å². The zero-order chi connectivity index (χ0) is 42.9. The van der Waals surface area contributed by atoms with Crippen molar-refractivity contribution >= 4 is 46.8 Å². The predicted molar refractivity (Wildman–Crippen MR) is 239 cm³/mol. The van der Waals surface area contributed by atoms with E-state index in [-0.39, 0.29) is 35.9 Å². The molecule has 0 saturated heterocycles. The van der Waals surface area contributed by atoms with Crippen LogP contribution in [-0.4, -0.2) is 89.0 Å². The number of carboxylic acids is 2. The Labute approximate surface area is 380 Å². The van der Waals surface area contributed by atoms with Gasteiger partial charge in [-0.15, -0.1) is 11.8 Å². The Morgan fingerprint density at radius 2 is 0.984 bits per heavy atom. The molecule has 4 aromatic carbocycles. The van der Waals surface area contributed by atoms with E-state index < -0.39 is 24.1 Å². The maximum atomic E-state index is 11.1. The monoisotopic (exact) mass is 854 g/mol. The summed E-state index contributed by atoms with van der Waals surface area (Å²) in [5.41, 5.74) is 8.83. The van der Waals surface area contributed by atoms with E-state index in [4.69, 9.17) is 18.9 Å². The molecule has 2 aromatic heterocycles. The number of carbonyl (C=O) groups is 2. The van der Waals surface area contributed by atoms with E-state index in [1.54, 1.807) is 25.6 Å². The third-order valence-corrected chi connectivity index (χ3v) is 10.7. The van der Waals surface area contributed by atoms with E-state index in [2.05, 4.69) is 89.9 Å². The molecule has 0 unspecified atom stereocenters. The maximum Gasteiger partial charge on any atom is 2.00 e. The molecular formula is C49H54MgN2O8S. The van der Waals surface area contributed by atoms with Crippen LogP contribution in [0.3, 0.4) is 0 Å². The molecule has 0 radical (unpaired) electrons. The molecule has 0 N–H and O–H groups in total. The summed E-state index contributed by atoms with van der Waals surface area (Å²) in [4.78, 5) is 23.5. The van der Waals surface area contributed by atoms with Crippen LogP contribution in [-0.2, 0) is 45.0 Å². The van der Waals surface area contributed by atoms with Gasteiger partial charge in [0.15, 0.2) is 0 Å². The molecular weight excluding hydrogens is 801 g/mol. The van der Waals surface area contributed by atoms with Gasteiger partial charge in [0.05, 0.1) is 25.0 Å². The summed E-state index contributed by atoms with van der Waals surface area (Å²) in [5, 5.41) is 22.2. The predicted octanol–water partition coefficient (Wildman–Crippen LogP) is 6.82. The van der Waals surface area contributed by atoms with Gasteiger partial charge in [-0.3, -0.25) is 0 Å². The van der Waals surface area contributed by atoms with Crippen molar-refractivity contribution in [2.24, 2.45) is 0 Å². The third-order valence-electron chi connectivity index (χ3n) is 9.97. The fourth-order valence-electron chi connectivity index (χ4n) is 6.81. The van der Waals surface area contributed by atoms with Crippen LogP contribution >= 0.6 is 11.8 Å². The number of carboxylic acid groups (broad SMARTS) is 2. The van der Waals surface area contributed by atoms with E-state index in [0.29, 0.717) is 26.4 Å². The van der Waals surface area contributed by atoms with E-state index in [1.165, 1.54) is 38.8 Å². The first-order valence-corrected chi connectivity index (χ1v) is 21.4. The van der Waals surface area contributed by atoms with E-state index in [9.17, 15) is 19.8 Å². The normalized spacial score (nSPS) is 11.8. The average Bonchev–Trinajstić information content (AvgIpc) is 3.82. The summed E-state index contributed by atoms with van der Waals surface area (Å²) < 4.78 is 26.8. The summed E-state index contributed by atoms with van der Waals surface area (Å²) in [7, 11) is 0. The molecule has 0 amide bonds. The van der Waals surface area contributed by atoms with Crippen molar-refractivity contribution in [3.05, 3.63) is 150 Å². The number of ether oxygens (including phenoxy) is 4. The van der Waals surface area contributed by atoms with Gasteiger partial charge < -0.3 is 47.9 Å². The quantitative estimate of drug-likeness (QED) is 0.0567. The number of aliphatic carboxylic acids is 2. The Hall–Kier alpha value is -4.98. The van der Waals surface area contributed by atoms with Crippen LogP contribution in [0.4, 0.5) is 0 Å². The van der Waals surface area contributed by atoms with Gasteiger partial charge in [-0.25, -0.2) is 0 Å². The second-order valence-corrected chi connectivity index (χ2v) is 14.9. The Morgan fingerprint density at radius 1 is 0.574 bits per heavy atom. The molecule has 12 heteroatoms. The first-order valence-electron chi connectivity index (χ1n) is 20.2.